The van der Waals surface area contributed by atoms with Crippen LogP contribution in [0.1, 0.15) is 6.42 Å². The zero-order valence-corrected chi connectivity index (χ0v) is 9.59. The molecule has 0 spiro atoms. The minimum absolute atomic E-state index is 0.294. The van der Waals surface area contributed by atoms with E-state index < -0.39 is 24.0 Å². The first kappa shape index (κ1) is 14.6. The summed E-state index contributed by atoms with van der Waals surface area (Å²) in [6.07, 6.45) is 0.356. The van der Waals surface area contributed by atoms with Crippen molar-refractivity contribution in [2.24, 2.45) is 11.5 Å². The van der Waals surface area contributed by atoms with Crippen LogP contribution in [0.15, 0.2) is 0 Å². The lowest BCUT2D eigenvalue weighted by Crippen LogP contribution is -2.32. The molecule has 0 unspecified atom stereocenters. The molecule has 0 saturated heterocycles. The van der Waals surface area contributed by atoms with Gasteiger partial charge in [-0.3, -0.25) is 9.59 Å². The molecule has 0 aromatic carbocycles. The standard InChI is InChI=1S/C7H14N2O4S2/c8-4(6(10)11)1-2-14-15-3-5(9)7(12)13/h4-5H,1-3,8-9H2,(H,10,11)(H,12,13)/t4-,5-/m0/s1. The number of rotatable bonds is 8. The molecule has 6 N–H and O–H groups in total. The number of aliphatic carboxylic acids is 2. The van der Waals surface area contributed by atoms with Crippen LogP contribution >= 0.6 is 21.6 Å². The SMILES string of the molecule is N[C@@H](CCSSC[C@H](N)C(=O)O)C(=O)O. The topological polar surface area (TPSA) is 127 Å². The third-order valence-corrected chi connectivity index (χ3v) is 3.95. The summed E-state index contributed by atoms with van der Waals surface area (Å²) in [4.78, 5) is 20.6. The Morgan fingerprint density at radius 1 is 1.07 bits per heavy atom. The first-order valence-corrected chi connectivity index (χ1v) is 6.65. The molecular weight excluding hydrogens is 240 g/mol. The lowest BCUT2D eigenvalue weighted by molar-refractivity contribution is -0.139. The van der Waals surface area contributed by atoms with Gasteiger partial charge in [-0.2, -0.15) is 0 Å². The number of nitrogens with two attached hydrogens (primary N) is 2. The van der Waals surface area contributed by atoms with Crippen molar-refractivity contribution in [3.8, 4) is 0 Å². The summed E-state index contributed by atoms with van der Waals surface area (Å²) in [5.74, 6) is -1.21. The molecule has 0 rings (SSSR count). The summed E-state index contributed by atoms with van der Waals surface area (Å²) >= 11 is 0. The van der Waals surface area contributed by atoms with Gasteiger partial charge in [0.1, 0.15) is 12.1 Å². The van der Waals surface area contributed by atoms with Gasteiger partial charge in [-0.1, -0.05) is 21.6 Å². The first-order chi connectivity index (χ1) is 6.95. The second kappa shape index (κ2) is 7.80. The summed E-state index contributed by atoms with van der Waals surface area (Å²) in [7, 11) is 2.68. The second-order valence-electron chi connectivity index (χ2n) is 2.78. The molecule has 88 valence electrons. The largest absolute Gasteiger partial charge is 0.480 e. The van der Waals surface area contributed by atoms with Crippen molar-refractivity contribution in [2.75, 3.05) is 11.5 Å². The van der Waals surface area contributed by atoms with Crippen LogP contribution in [-0.4, -0.2) is 45.7 Å². The van der Waals surface area contributed by atoms with Gasteiger partial charge < -0.3 is 21.7 Å². The van der Waals surface area contributed by atoms with E-state index in [1.165, 1.54) is 21.6 Å². The van der Waals surface area contributed by atoms with E-state index in [-0.39, 0.29) is 0 Å². The van der Waals surface area contributed by atoms with Crippen LogP contribution in [-0.2, 0) is 9.59 Å². The van der Waals surface area contributed by atoms with E-state index in [1.807, 2.05) is 0 Å². The molecule has 0 aliphatic rings. The van der Waals surface area contributed by atoms with Gasteiger partial charge >= 0.3 is 11.9 Å². The maximum atomic E-state index is 10.3. The Morgan fingerprint density at radius 3 is 2.07 bits per heavy atom. The molecule has 6 nitrogen and oxygen atoms in total. The molecule has 0 heterocycles. The molecule has 0 aliphatic heterocycles. The van der Waals surface area contributed by atoms with Gasteiger partial charge in [0.25, 0.3) is 0 Å². The number of hydrogen-bond acceptors (Lipinski definition) is 6. The lowest BCUT2D eigenvalue weighted by atomic mass is 10.2. The monoisotopic (exact) mass is 254 g/mol. The fourth-order valence-electron chi connectivity index (χ4n) is 0.550. The molecule has 0 amide bonds. The first-order valence-electron chi connectivity index (χ1n) is 4.16. The van der Waals surface area contributed by atoms with Gasteiger partial charge in [-0.05, 0) is 6.42 Å². The van der Waals surface area contributed by atoms with Crippen molar-refractivity contribution >= 4 is 33.5 Å². The molecule has 8 heteroatoms. The van der Waals surface area contributed by atoms with Crippen LogP contribution in [0.25, 0.3) is 0 Å². The zero-order chi connectivity index (χ0) is 11.8. The fourth-order valence-corrected chi connectivity index (χ4v) is 2.77. The summed E-state index contributed by atoms with van der Waals surface area (Å²) in [6.45, 7) is 0. The van der Waals surface area contributed by atoms with Gasteiger partial charge in [0.2, 0.25) is 0 Å². The minimum Gasteiger partial charge on any atom is -0.480 e. The summed E-state index contributed by atoms with van der Waals surface area (Å²) in [5, 5.41) is 16.9. The lowest BCUT2D eigenvalue weighted by Gasteiger charge is -2.06. The number of carbonyl (C=O) groups is 2. The average Bonchev–Trinajstić information content (AvgIpc) is 2.16. The van der Waals surface area contributed by atoms with E-state index in [9.17, 15) is 9.59 Å². The minimum atomic E-state index is -1.04. The molecule has 0 bridgehead atoms. The smallest absolute Gasteiger partial charge is 0.321 e. The highest BCUT2D eigenvalue weighted by Crippen LogP contribution is 2.22. The van der Waals surface area contributed by atoms with E-state index in [2.05, 4.69) is 0 Å². The molecule has 0 radical (unpaired) electrons. The zero-order valence-electron chi connectivity index (χ0n) is 7.96. The van der Waals surface area contributed by atoms with Crippen molar-refractivity contribution in [1.29, 1.82) is 0 Å². The van der Waals surface area contributed by atoms with Gasteiger partial charge in [-0.15, -0.1) is 0 Å². The Kier molecular flexibility index (Phi) is 7.57. The maximum absolute atomic E-state index is 10.3. The maximum Gasteiger partial charge on any atom is 0.321 e. The highest BCUT2D eigenvalue weighted by atomic mass is 33.1. The molecule has 0 aromatic heterocycles. The molecule has 0 fully saturated rings. The van der Waals surface area contributed by atoms with E-state index in [0.717, 1.165) is 0 Å². The summed E-state index contributed by atoms with van der Waals surface area (Å²) in [6, 6.07) is -1.73. The molecule has 0 aliphatic carbocycles. The Hall–Kier alpha value is -0.440. The van der Waals surface area contributed by atoms with Crippen LogP contribution in [0.3, 0.4) is 0 Å². The molecule has 15 heavy (non-hydrogen) atoms. The van der Waals surface area contributed by atoms with Crippen LogP contribution in [0.2, 0.25) is 0 Å². The van der Waals surface area contributed by atoms with Crippen LogP contribution < -0.4 is 11.5 Å². The van der Waals surface area contributed by atoms with Gasteiger partial charge in [-0.25, -0.2) is 0 Å². The normalized spacial score (nSPS) is 14.5. The van der Waals surface area contributed by atoms with Crippen LogP contribution in [0.5, 0.6) is 0 Å². The van der Waals surface area contributed by atoms with Crippen molar-refractivity contribution in [2.45, 2.75) is 18.5 Å². The van der Waals surface area contributed by atoms with Crippen molar-refractivity contribution < 1.29 is 19.8 Å². The Morgan fingerprint density at radius 2 is 1.60 bits per heavy atom. The Labute approximate surface area is 95.2 Å². The molecule has 0 aromatic rings. The van der Waals surface area contributed by atoms with Crippen molar-refractivity contribution in [1.82, 2.24) is 0 Å². The number of carboxylic acids is 2. The van der Waals surface area contributed by atoms with E-state index in [1.54, 1.807) is 0 Å². The van der Waals surface area contributed by atoms with Crippen molar-refractivity contribution in [3.63, 3.8) is 0 Å². The molecule has 2 atom stereocenters. The van der Waals surface area contributed by atoms with E-state index >= 15 is 0 Å². The van der Waals surface area contributed by atoms with Gasteiger partial charge in [0, 0.05) is 11.5 Å². The predicted molar refractivity (Wildman–Crippen MR) is 60.8 cm³/mol. The summed E-state index contributed by atoms with van der Waals surface area (Å²) < 4.78 is 0. The fraction of sp³-hybridized carbons (Fsp3) is 0.714. The molecular formula is C7H14N2O4S2. The predicted octanol–water partition coefficient (Wildman–Crippen LogP) is -0.418. The van der Waals surface area contributed by atoms with Gasteiger partial charge in [0.05, 0.1) is 0 Å². The van der Waals surface area contributed by atoms with E-state index in [4.69, 9.17) is 21.7 Å². The van der Waals surface area contributed by atoms with Crippen LogP contribution in [0, 0.1) is 0 Å². The van der Waals surface area contributed by atoms with Gasteiger partial charge in [0.15, 0.2) is 0 Å². The summed E-state index contributed by atoms with van der Waals surface area (Å²) in [5.41, 5.74) is 10.5. The highest BCUT2D eigenvalue weighted by Gasteiger charge is 2.13. The third kappa shape index (κ3) is 7.48. The highest BCUT2D eigenvalue weighted by molar-refractivity contribution is 8.76. The van der Waals surface area contributed by atoms with E-state index in [0.29, 0.717) is 17.9 Å². The van der Waals surface area contributed by atoms with Crippen LogP contribution in [0.4, 0.5) is 0 Å². The Bertz CT molecular complexity index is 205. The quantitative estimate of drug-likeness (QED) is 0.340. The number of carboxylic acid groups (broad SMARTS) is 2. The Balaban J connectivity index is 3.40. The average molecular weight is 254 g/mol. The van der Waals surface area contributed by atoms with Crippen molar-refractivity contribution in [3.05, 3.63) is 0 Å². The third-order valence-electron chi connectivity index (χ3n) is 1.48. The molecule has 0 saturated carbocycles. The second-order valence-corrected chi connectivity index (χ2v) is 5.41. The number of hydrogen-bond donors (Lipinski definition) is 4.